The van der Waals surface area contributed by atoms with Gasteiger partial charge in [0, 0.05) is 25.2 Å². The summed E-state index contributed by atoms with van der Waals surface area (Å²) in [5, 5.41) is 3.61. The molecule has 0 aliphatic carbocycles. The molecule has 0 amide bonds. The molecule has 0 saturated carbocycles. The molecule has 0 bridgehead atoms. The van der Waals surface area contributed by atoms with Crippen molar-refractivity contribution >= 4 is 0 Å². The largest absolute Gasteiger partial charge is 0.308 e. The lowest BCUT2D eigenvalue weighted by atomic mass is 10.1. The lowest BCUT2D eigenvalue weighted by molar-refractivity contribution is 0.270. The minimum absolute atomic E-state index is 0.553. The maximum atomic E-state index is 3.84. The van der Waals surface area contributed by atoms with Crippen molar-refractivity contribution in [2.24, 2.45) is 0 Å². The molecular formula is C13H27N3. The van der Waals surface area contributed by atoms with E-state index in [9.17, 15) is 0 Å². The van der Waals surface area contributed by atoms with Gasteiger partial charge < -0.3 is 15.1 Å². The van der Waals surface area contributed by atoms with Gasteiger partial charge in [-0.1, -0.05) is 6.08 Å². The number of hydrogen-bond donors (Lipinski definition) is 1. The van der Waals surface area contributed by atoms with E-state index in [2.05, 4.69) is 42.8 Å². The van der Waals surface area contributed by atoms with Gasteiger partial charge in [-0.3, -0.25) is 0 Å². The van der Waals surface area contributed by atoms with E-state index < -0.39 is 0 Å². The number of nitrogens with zero attached hydrogens (tertiary/aromatic N) is 2. The molecule has 1 aliphatic heterocycles. The molecule has 0 aromatic heterocycles. The molecule has 0 aromatic carbocycles. The molecule has 3 nitrogen and oxygen atoms in total. The van der Waals surface area contributed by atoms with Crippen LogP contribution in [0.2, 0.25) is 0 Å². The number of hydrogen-bond acceptors (Lipinski definition) is 3. The normalized spacial score (nSPS) is 25.6. The number of nitrogens with one attached hydrogen (secondary N) is 1. The van der Waals surface area contributed by atoms with E-state index >= 15 is 0 Å². The Bertz CT molecular complexity index is 203. The summed E-state index contributed by atoms with van der Waals surface area (Å²) in [6.07, 6.45) is 5.86. The third-order valence-corrected chi connectivity index (χ3v) is 3.35. The molecule has 1 fully saturated rings. The van der Waals surface area contributed by atoms with E-state index in [0.29, 0.717) is 12.1 Å². The molecular weight excluding hydrogens is 198 g/mol. The van der Waals surface area contributed by atoms with Crippen LogP contribution in [0.25, 0.3) is 0 Å². The molecule has 94 valence electrons. The Balaban J connectivity index is 2.08. The van der Waals surface area contributed by atoms with Crippen molar-refractivity contribution in [3.05, 3.63) is 12.7 Å². The Kier molecular flexibility index (Phi) is 6.03. The number of likely N-dealkylation sites (N-methyl/N-ethyl adjacent to an activating group) is 2. The van der Waals surface area contributed by atoms with Crippen molar-refractivity contribution < 1.29 is 0 Å². The maximum absolute atomic E-state index is 3.84. The van der Waals surface area contributed by atoms with Gasteiger partial charge in [0.1, 0.15) is 0 Å². The Morgan fingerprint density at radius 2 is 1.94 bits per heavy atom. The zero-order valence-corrected chi connectivity index (χ0v) is 11.1. The minimum Gasteiger partial charge on any atom is -0.308 e. The first-order valence-corrected chi connectivity index (χ1v) is 6.33. The predicted molar refractivity (Wildman–Crippen MR) is 70.8 cm³/mol. The van der Waals surface area contributed by atoms with Crippen molar-refractivity contribution in [1.29, 1.82) is 0 Å². The molecule has 0 spiro atoms. The fourth-order valence-corrected chi connectivity index (χ4v) is 2.12. The Morgan fingerprint density at radius 3 is 2.50 bits per heavy atom. The van der Waals surface area contributed by atoms with Crippen LogP contribution in [-0.2, 0) is 0 Å². The quantitative estimate of drug-likeness (QED) is 0.656. The van der Waals surface area contributed by atoms with Gasteiger partial charge in [-0.05, 0) is 47.0 Å². The molecule has 2 unspecified atom stereocenters. The Labute approximate surface area is 100 Å². The van der Waals surface area contributed by atoms with Crippen LogP contribution < -0.4 is 5.32 Å². The monoisotopic (exact) mass is 225 g/mol. The van der Waals surface area contributed by atoms with Gasteiger partial charge in [0.15, 0.2) is 0 Å². The van der Waals surface area contributed by atoms with Crippen LogP contribution in [0.4, 0.5) is 0 Å². The third-order valence-electron chi connectivity index (χ3n) is 3.35. The Hall–Kier alpha value is -0.380. The van der Waals surface area contributed by atoms with Gasteiger partial charge >= 0.3 is 0 Å². The van der Waals surface area contributed by atoms with Crippen LogP contribution >= 0.6 is 0 Å². The van der Waals surface area contributed by atoms with Crippen LogP contribution in [0, 0.1) is 0 Å². The van der Waals surface area contributed by atoms with Crippen molar-refractivity contribution in [3.8, 4) is 0 Å². The van der Waals surface area contributed by atoms with Crippen LogP contribution in [0.5, 0.6) is 0 Å². The predicted octanol–water partition coefficient (Wildman–Crippen LogP) is 1.18. The minimum atomic E-state index is 0.553. The zero-order valence-electron chi connectivity index (χ0n) is 11.1. The second kappa shape index (κ2) is 7.05. The highest BCUT2D eigenvalue weighted by molar-refractivity contribution is 4.94. The average Bonchev–Trinajstić information content (AvgIpc) is 2.71. The summed E-state index contributed by atoms with van der Waals surface area (Å²) < 4.78 is 0. The molecule has 1 N–H and O–H groups in total. The SMILES string of the molecule is C=CC1CCC(CCN(C)CCN(C)C)N1. The molecule has 1 rings (SSSR count). The van der Waals surface area contributed by atoms with Crippen molar-refractivity contribution in [1.82, 2.24) is 15.1 Å². The summed E-state index contributed by atoms with van der Waals surface area (Å²) in [7, 11) is 6.46. The average molecular weight is 225 g/mol. The topological polar surface area (TPSA) is 18.5 Å². The highest BCUT2D eigenvalue weighted by atomic mass is 15.1. The van der Waals surface area contributed by atoms with Crippen LogP contribution in [-0.4, -0.2) is 62.7 Å². The van der Waals surface area contributed by atoms with Gasteiger partial charge in [-0.2, -0.15) is 0 Å². The summed E-state index contributed by atoms with van der Waals surface area (Å²) in [4.78, 5) is 4.65. The first-order valence-electron chi connectivity index (χ1n) is 6.33. The summed E-state index contributed by atoms with van der Waals surface area (Å²) in [5.74, 6) is 0. The van der Waals surface area contributed by atoms with E-state index in [1.807, 2.05) is 6.08 Å². The summed E-state index contributed by atoms with van der Waals surface area (Å²) in [6, 6.07) is 1.25. The van der Waals surface area contributed by atoms with E-state index in [4.69, 9.17) is 0 Å². The molecule has 1 aliphatic rings. The molecule has 1 saturated heterocycles. The van der Waals surface area contributed by atoms with E-state index in [1.165, 1.54) is 25.8 Å². The molecule has 0 radical (unpaired) electrons. The molecule has 16 heavy (non-hydrogen) atoms. The molecule has 2 atom stereocenters. The molecule has 3 heteroatoms. The number of rotatable bonds is 7. The Morgan fingerprint density at radius 1 is 1.19 bits per heavy atom. The van der Waals surface area contributed by atoms with Crippen molar-refractivity contribution in [2.45, 2.75) is 31.3 Å². The van der Waals surface area contributed by atoms with E-state index in [0.717, 1.165) is 13.1 Å². The lowest BCUT2D eigenvalue weighted by Crippen LogP contribution is -2.34. The van der Waals surface area contributed by atoms with Gasteiger partial charge in [0.05, 0.1) is 0 Å². The van der Waals surface area contributed by atoms with Crippen LogP contribution in [0.3, 0.4) is 0 Å². The highest BCUT2D eigenvalue weighted by Crippen LogP contribution is 2.15. The standard InChI is InChI=1S/C13H27N3/c1-5-12-6-7-13(14-12)8-9-16(4)11-10-15(2)3/h5,12-14H,1,6-11H2,2-4H3. The second-order valence-corrected chi connectivity index (χ2v) is 5.18. The fourth-order valence-electron chi connectivity index (χ4n) is 2.12. The van der Waals surface area contributed by atoms with E-state index in [-0.39, 0.29) is 0 Å². The van der Waals surface area contributed by atoms with E-state index in [1.54, 1.807) is 0 Å². The first-order chi connectivity index (χ1) is 7.61. The summed E-state index contributed by atoms with van der Waals surface area (Å²) in [5.41, 5.74) is 0. The lowest BCUT2D eigenvalue weighted by Gasteiger charge is -2.21. The van der Waals surface area contributed by atoms with Gasteiger partial charge in [0.2, 0.25) is 0 Å². The van der Waals surface area contributed by atoms with Gasteiger partial charge in [-0.25, -0.2) is 0 Å². The first kappa shape index (κ1) is 13.7. The second-order valence-electron chi connectivity index (χ2n) is 5.18. The molecule has 1 heterocycles. The maximum Gasteiger partial charge on any atom is 0.0250 e. The highest BCUT2D eigenvalue weighted by Gasteiger charge is 2.20. The summed E-state index contributed by atoms with van der Waals surface area (Å²) in [6.45, 7) is 7.33. The third kappa shape index (κ3) is 5.10. The molecule has 0 aromatic rings. The van der Waals surface area contributed by atoms with Gasteiger partial charge in [-0.15, -0.1) is 6.58 Å². The van der Waals surface area contributed by atoms with Crippen molar-refractivity contribution in [3.63, 3.8) is 0 Å². The fraction of sp³-hybridized carbons (Fsp3) is 0.846. The smallest absolute Gasteiger partial charge is 0.0250 e. The summed E-state index contributed by atoms with van der Waals surface area (Å²) >= 11 is 0. The van der Waals surface area contributed by atoms with Crippen LogP contribution in [0.15, 0.2) is 12.7 Å². The van der Waals surface area contributed by atoms with Crippen LogP contribution in [0.1, 0.15) is 19.3 Å². The van der Waals surface area contributed by atoms with Gasteiger partial charge in [0.25, 0.3) is 0 Å². The zero-order chi connectivity index (χ0) is 12.0. The van der Waals surface area contributed by atoms with Crippen molar-refractivity contribution in [2.75, 3.05) is 40.8 Å².